The van der Waals surface area contributed by atoms with Crippen LogP contribution in [0.2, 0.25) is 0 Å². The number of hydrogen-bond acceptors (Lipinski definition) is 7. The first kappa shape index (κ1) is 26.4. The Labute approximate surface area is 246 Å². The second-order valence-corrected chi connectivity index (χ2v) is 10.5. The molecular weight excluding hydrogens is 550 g/mol. The minimum absolute atomic E-state index is 0.0105. The number of ether oxygens (including phenoxy) is 3. The summed E-state index contributed by atoms with van der Waals surface area (Å²) in [7, 11) is 4.59. The summed E-state index contributed by atoms with van der Waals surface area (Å²) in [6.07, 6.45) is 0. The molecule has 2 aliphatic heterocycles. The molecule has 10 nitrogen and oxygen atoms in total. The van der Waals surface area contributed by atoms with Crippen molar-refractivity contribution in [3.63, 3.8) is 0 Å². The lowest BCUT2D eigenvalue weighted by molar-refractivity contribution is -0.0132. The van der Waals surface area contributed by atoms with E-state index in [2.05, 4.69) is 11.9 Å². The highest BCUT2D eigenvalue weighted by Gasteiger charge is 2.39. The van der Waals surface area contributed by atoms with Gasteiger partial charge in [0, 0.05) is 29.3 Å². The van der Waals surface area contributed by atoms with Crippen molar-refractivity contribution in [1.29, 1.82) is 0 Å². The number of hydrogen-bond donors (Lipinski definition) is 1. The summed E-state index contributed by atoms with van der Waals surface area (Å²) in [4.78, 5) is 51.3. The molecule has 216 valence electrons. The van der Waals surface area contributed by atoms with Crippen LogP contribution in [-0.2, 0) is 0 Å². The fraction of sp³-hybridized carbons (Fsp3) is 0.182. The number of H-pyrrole nitrogens is 1. The van der Waals surface area contributed by atoms with Gasteiger partial charge in [0.25, 0.3) is 17.7 Å². The minimum atomic E-state index is -0.538. The minimum Gasteiger partial charge on any atom is -0.493 e. The smallest absolute Gasteiger partial charge is 0.295 e. The largest absolute Gasteiger partial charge is 0.493 e. The number of rotatable bonds is 6. The predicted octanol–water partition coefficient (Wildman–Crippen LogP) is 5.70. The van der Waals surface area contributed by atoms with E-state index in [-0.39, 0.29) is 23.0 Å². The van der Waals surface area contributed by atoms with Gasteiger partial charge in [0.1, 0.15) is 5.69 Å². The third kappa shape index (κ3) is 3.83. The Balaban J connectivity index is 1.32. The second kappa shape index (κ2) is 9.80. The first-order chi connectivity index (χ1) is 20.9. The van der Waals surface area contributed by atoms with Gasteiger partial charge in [0.05, 0.1) is 43.7 Å². The molecule has 10 heteroatoms. The van der Waals surface area contributed by atoms with E-state index < -0.39 is 11.8 Å². The quantitative estimate of drug-likeness (QED) is 0.258. The molecule has 0 aliphatic carbocycles. The van der Waals surface area contributed by atoms with Crippen LogP contribution in [0, 0.1) is 0 Å². The van der Waals surface area contributed by atoms with Gasteiger partial charge in [0.15, 0.2) is 17.2 Å². The van der Waals surface area contributed by atoms with E-state index >= 15 is 0 Å². The number of anilines is 1. The lowest BCUT2D eigenvalue weighted by Gasteiger charge is -2.21. The van der Waals surface area contributed by atoms with E-state index in [0.29, 0.717) is 46.4 Å². The summed E-state index contributed by atoms with van der Waals surface area (Å²) in [5, 5.41) is 3.11. The number of amides is 3. The molecule has 0 spiro atoms. The van der Waals surface area contributed by atoms with Gasteiger partial charge in [-0.05, 0) is 35.2 Å². The number of nitrogens with zero attached hydrogens (tertiary/aromatic N) is 2. The summed E-state index contributed by atoms with van der Waals surface area (Å²) in [6.45, 7) is 2.49. The van der Waals surface area contributed by atoms with Crippen LogP contribution in [0.4, 0.5) is 5.69 Å². The lowest BCUT2D eigenvalue weighted by atomic mass is 9.95. The number of nitrogens with one attached hydrogen (secondary N) is 1. The van der Waals surface area contributed by atoms with Crippen LogP contribution in [0.15, 0.2) is 66.7 Å². The molecule has 4 aromatic carbocycles. The molecule has 3 heterocycles. The maximum atomic E-state index is 14.1. The number of benzene rings is 4. The van der Waals surface area contributed by atoms with Gasteiger partial charge >= 0.3 is 0 Å². The van der Waals surface area contributed by atoms with Gasteiger partial charge in [-0.15, -0.1) is 0 Å². The summed E-state index contributed by atoms with van der Waals surface area (Å²) in [5.74, 6) is 0.289. The fourth-order valence-electron chi connectivity index (χ4n) is 6.18. The SMILES string of the molecule is COc1cc2cc(C(=O)N3C[C@@H](C)c4c3cc(ON3C(=O)c5ccccc5C3=O)c3ccccc43)[nH]c2c(OC)c1OC. The highest BCUT2D eigenvalue weighted by atomic mass is 16.7. The molecule has 0 radical (unpaired) electrons. The van der Waals surface area contributed by atoms with Crippen molar-refractivity contribution in [1.82, 2.24) is 10.0 Å². The first-order valence-corrected chi connectivity index (χ1v) is 13.7. The van der Waals surface area contributed by atoms with Crippen LogP contribution in [0.25, 0.3) is 21.7 Å². The maximum Gasteiger partial charge on any atom is 0.295 e. The predicted molar refractivity (Wildman–Crippen MR) is 160 cm³/mol. The maximum absolute atomic E-state index is 14.1. The molecular formula is C33H27N3O7. The van der Waals surface area contributed by atoms with Crippen LogP contribution in [0.5, 0.6) is 23.0 Å². The van der Waals surface area contributed by atoms with Crippen molar-refractivity contribution in [3.05, 3.63) is 89.1 Å². The number of aromatic amines is 1. The van der Waals surface area contributed by atoms with E-state index in [9.17, 15) is 14.4 Å². The molecule has 0 fully saturated rings. The van der Waals surface area contributed by atoms with Gasteiger partial charge < -0.3 is 28.9 Å². The van der Waals surface area contributed by atoms with Gasteiger partial charge in [-0.2, -0.15) is 0 Å². The molecule has 1 atom stereocenters. The molecule has 0 saturated heterocycles. The first-order valence-electron chi connectivity index (χ1n) is 13.7. The average Bonchev–Trinajstić information content (AvgIpc) is 3.68. The van der Waals surface area contributed by atoms with E-state index in [1.807, 2.05) is 24.3 Å². The van der Waals surface area contributed by atoms with Crippen LogP contribution in [0.1, 0.15) is 49.6 Å². The number of imide groups is 1. The van der Waals surface area contributed by atoms with Crippen LogP contribution < -0.4 is 23.9 Å². The zero-order chi connectivity index (χ0) is 30.0. The summed E-state index contributed by atoms with van der Waals surface area (Å²) in [6, 6.07) is 19.5. The highest BCUT2D eigenvalue weighted by molar-refractivity contribution is 6.20. The zero-order valence-electron chi connectivity index (χ0n) is 23.9. The number of carbonyl (C=O) groups excluding carboxylic acids is 3. The Morgan fingerprint density at radius 3 is 2.12 bits per heavy atom. The van der Waals surface area contributed by atoms with E-state index in [1.165, 1.54) is 21.3 Å². The third-order valence-electron chi connectivity index (χ3n) is 8.11. The normalized spacial score (nSPS) is 15.7. The molecule has 7 rings (SSSR count). The van der Waals surface area contributed by atoms with Gasteiger partial charge in [-0.25, -0.2) is 0 Å². The van der Waals surface area contributed by atoms with Crippen molar-refractivity contribution in [2.24, 2.45) is 0 Å². The number of carbonyl (C=O) groups is 3. The third-order valence-corrected chi connectivity index (χ3v) is 8.11. The number of methoxy groups -OCH3 is 3. The van der Waals surface area contributed by atoms with Crippen molar-refractivity contribution in [3.8, 4) is 23.0 Å². The number of aromatic nitrogens is 1. The standard InChI is InChI=1S/C33H27N3O7/c1-17-16-35(33(39)23-13-18-14-26(40-2)29(41-3)30(42-4)28(18)34-23)24-15-25(19-9-5-6-10-20(19)27(17)24)43-36-31(37)21-11-7-8-12-22(21)32(36)38/h5-15,17,34H,16H2,1-4H3/t17-/m1/s1. The molecule has 43 heavy (non-hydrogen) atoms. The fourth-order valence-corrected chi connectivity index (χ4v) is 6.18. The monoisotopic (exact) mass is 577 g/mol. The Kier molecular flexibility index (Phi) is 6.01. The number of fused-ring (bicyclic) bond motifs is 5. The molecule has 5 aromatic rings. The van der Waals surface area contributed by atoms with Gasteiger partial charge in [-0.1, -0.05) is 48.4 Å². The molecule has 3 amide bonds. The van der Waals surface area contributed by atoms with E-state index in [0.717, 1.165) is 26.8 Å². The van der Waals surface area contributed by atoms with Crippen molar-refractivity contribution in [2.75, 3.05) is 32.8 Å². The van der Waals surface area contributed by atoms with Crippen LogP contribution >= 0.6 is 0 Å². The molecule has 0 unspecified atom stereocenters. The Hall–Kier alpha value is -5.51. The average molecular weight is 578 g/mol. The van der Waals surface area contributed by atoms with Crippen LogP contribution in [0.3, 0.4) is 0 Å². The summed E-state index contributed by atoms with van der Waals surface area (Å²) >= 11 is 0. The number of hydroxylamine groups is 2. The molecule has 0 bridgehead atoms. The van der Waals surface area contributed by atoms with Crippen molar-refractivity contribution >= 4 is 45.1 Å². The molecule has 1 N–H and O–H groups in total. The second-order valence-electron chi connectivity index (χ2n) is 10.5. The van der Waals surface area contributed by atoms with Crippen molar-refractivity contribution in [2.45, 2.75) is 12.8 Å². The molecule has 0 saturated carbocycles. The topological polar surface area (TPSA) is 110 Å². The van der Waals surface area contributed by atoms with Crippen LogP contribution in [-0.4, -0.2) is 55.6 Å². The summed E-state index contributed by atoms with van der Waals surface area (Å²) in [5.41, 5.74) is 3.14. The van der Waals surface area contributed by atoms with E-state index in [1.54, 1.807) is 47.4 Å². The van der Waals surface area contributed by atoms with Gasteiger partial charge in [0.2, 0.25) is 5.75 Å². The Bertz CT molecular complexity index is 1960. The van der Waals surface area contributed by atoms with E-state index in [4.69, 9.17) is 19.0 Å². The van der Waals surface area contributed by atoms with Crippen molar-refractivity contribution < 1.29 is 33.4 Å². The Morgan fingerprint density at radius 1 is 0.814 bits per heavy atom. The molecule has 2 aliphatic rings. The zero-order valence-corrected chi connectivity index (χ0v) is 23.9. The lowest BCUT2D eigenvalue weighted by Crippen LogP contribution is -2.33. The molecule has 1 aromatic heterocycles. The Morgan fingerprint density at radius 2 is 1.47 bits per heavy atom. The highest BCUT2D eigenvalue weighted by Crippen LogP contribution is 2.47. The summed E-state index contributed by atoms with van der Waals surface area (Å²) < 4.78 is 16.6. The van der Waals surface area contributed by atoms with Gasteiger partial charge in [-0.3, -0.25) is 14.4 Å².